The number of benzene rings is 2. The zero-order chi connectivity index (χ0) is 14.4. The van der Waals surface area contributed by atoms with E-state index >= 15 is 0 Å². The molecule has 2 aliphatic heterocycles. The molecule has 0 aliphatic carbocycles. The van der Waals surface area contributed by atoms with Gasteiger partial charge in [-0.1, -0.05) is 24.3 Å². The van der Waals surface area contributed by atoms with Crippen LogP contribution in [0.25, 0.3) is 10.8 Å². The highest BCUT2D eigenvalue weighted by atomic mass is 16.2. The Bertz CT molecular complexity index is 792. The lowest BCUT2D eigenvalue weighted by Crippen LogP contribution is -2.52. The lowest BCUT2D eigenvalue weighted by atomic mass is 10.0. The van der Waals surface area contributed by atoms with E-state index in [1.165, 1.54) is 0 Å². The average Bonchev–Trinajstić information content (AvgIpc) is 2.49. The summed E-state index contributed by atoms with van der Waals surface area (Å²) < 4.78 is 0. The van der Waals surface area contributed by atoms with Crippen molar-refractivity contribution in [2.45, 2.75) is 18.9 Å². The molecule has 0 bridgehead atoms. The molecule has 0 saturated carbocycles. The molecule has 0 aromatic heterocycles. The van der Waals surface area contributed by atoms with E-state index in [9.17, 15) is 9.59 Å². The molecule has 2 aromatic rings. The summed E-state index contributed by atoms with van der Waals surface area (Å²) in [6.45, 7) is 0. The van der Waals surface area contributed by atoms with Crippen LogP contribution in [0.1, 0.15) is 12.8 Å². The lowest BCUT2D eigenvalue weighted by molar-refractivity contribution is -0.133. The van der Waals surface area contributed by atoms with E-state index in [2.05, 4.69) is 10.3 Å². The van der Waals surface area contributed by atoms with Gasteiger partial charge in [-0.3, -0.25) is 14.9 Å². The van der Waals surface area contributed by atoms with E-state index in [0.29, 0.717) is 12.8 Å². The van der Waals surface area contributed by atoms with Crippen molar-refractivity contribution in [1.29, 1.82) is 0 Å². The summed E-state index contributed by atoms with van der Waals surface area (Å²) in [6, 6.07) is 11.6. The van der Waals surface area contributed by atoms with Crippen LogP contribution in [0.3, 0.4) is 0 Å². The van der Waals surface area contributed by atoms with Gasteiger partial charge in [0.2, 0.25) is 11.8 Å². The Kier molecular flexibility index (Phi) is 2.54. The molecule has 0 spiro atoms. The van der Waals surface area contributed by atoms with Gasteiger partial charge in [0, 0.05) is 11.8 Å². The van der Waals surface area contributed by atoms with Gasteiger partial charge in [-0.25, -0.2) is 4.99 Å². The number of rotatable bonds is 1. The van der Waals surface area contributed by atoms with Gasteiger partial charge >= 0.3 is 0 Å². The maximum absolute atomic E-state index is 12.1. The molecule has 2 aliphatic rings. The minimum Gasteiger partial charge on any atom is -0.319 e. The molecular weight excluding hydrogens is 266 g/mol. The number of amides is 2. The number of piperidine rings is 1. The second-order valence-corrected chi connectivity index (χ2v) is 5.27. The predicted octanol–water partition coefficient (Wildman–Crippen LogP) is 2.12. The maximum Gasteiger partial charge on any atom is 0.249 e. The fourth-order valence-electron chi connectivity index (χ4n) is 3.01. The number of aliphatic imine (C=N–C) groups is 1. The zero-order valence-electron chi connectivity index (χ0n) is 11.2. The van der Waals surface area contributed by atoms with E-state index in [1.807, 2.05) is 41.3 Å². The van der Waals surface area contributed by atoms with Crippen molar-refractivity contribution in [2.24, 2.45) is 4.99 Å². The van der Waals surface area contributed by atoms with Gasteiger partial charge < -0.3 is 4.90 Å². The highest BCUT2D eigenvalue weighted by Gasteiger charge is 2.33. The van der Waals surface area contributed by atoms with Crippen molar-refractivity contribution in [3.05, 3.63) is 36.4 Å². The van der Waals surface area contributed by atoms with E-state index in [1.54, 1.807) is 6.34 Å². The zero-order valence-corrected chi connectivity index (χ0v) is 11.2. The largest absolute Gasteiger partial charge is 0.319 e. The van der Waals surface area contributed by atoms with Crippen molar-refractivity contribution < 1.29 is 9.59 Å². The number of carbonyl (C=O) groups excluding carboxylic acids is 2. The minimum absolute atomic E-state index is 0.205. The molecule has 2 aromatic carbocycles. The SMILES string of the molecule is O=C1CCC(N2C=Nc3cccc4cccc2c34)C(=O)N1. The molecule has 1 atom stereocenters. The second-order valence-electron chi connectivity index (χ2n) is 5.27. The van der Waals surface area contributed by atoms with E-state index in [-0.39, 0.29) is 17.9 Å². The number of hydrogen-bond donors (Lipinski definition) is 1. The number of nitrogens with zero attached hydrogens (tertiary/aromatic N) is 2. The van der Waals surface area contributed by atoms with Gasteiger partial charge in [-0.15, -0.1) is 0 Å². The smallest absolute Gasteiger partial charge is 0.249 e. The quantitative estimate of drug-likeness (QED) is 0.813. The Morgan fingerprint density at radius 3 is 2.76 bits per heavy atom. The van der Waals surface area contributed by atoms with E-state index < -0.39 is 0 Å². The van der Waals surface area contributed by atoms with Gasteiger partial charge in [0.25, 0.3) is 0 Å². The van der Waals surface area contributed by atoms with Crippen LogP contribution in [0.5, 0.6) is 0 Å². The summed E-state index contributed by atoms with van der Waals surface area (Å²) in [4.78, 5) is 29.7. The highest BCUT2D eigenvalue weighted by Crippen LogP contribution is 2.38. The van der Waals surface area contributed by atoms with Crippen LogP contribution in [-0.2, 0) is 9.59 Å². The molecule has 5 heteroatoms. The third kappa shape index (κ3) is 1.81. The van der Waals surface area contributed by atoms with Gasteiger partial charge in [0.15, 0.2) is 0 Å². The molecule has 1 N–H and O–H groups in total. The normalized spacial score (nSPS) is 20.8. The van der Waals surface area contributed by atoms with Gasteiger partial charge in [0.1, 0.15) is 6.04 Å². The third-order valence-corrected chi connectivity index (χ3v) is 4.01. The first kappa shape index (κ1) is 12.1. The van der Waals surface area contributed by atoms with Crippen molar-refractivity contribution >= 4 is 40.3 Å². The maximum atomic E-state index is 12.1. The molecule has 5 nitrogen and oxygen atoms in total. The molecule has 1 fully saturated rings. The Morgan fingerprint density at radius 2 is 1.95 bits per heavy atom. The number of nitrogens with one attached hydrogen (secondary N) is 1. The summed E-state index contributed by atoms with van der Waals surface area (Å²) in [5.41, 5.74) is 1.87. The van der Waals surface area contributed by atoms with E-state index in [4.69, 9.17) is 0 Å². The van der Waals surface area contributed by atoms with Crippen molar-refractivity contribution in [3.8, 4) is 0 Å². The molecular formula is C16H13N3O2. The molecule has 1 unspecified atom stereocenters. The summed E-state index contributed by atoms with van der Waals surface area (Å²) in [6.07, 6.45) is 2.56. The Hall–Kier alpha value is -2.69. The van der Waals surface area contributed by atoms with Gasteiger partial charge in [-0.05, 0) is 23.9 Å². The van der Waals surface area contributed by atoms with Crippen LogP contribution in [0.2, 0.25) is 0 Å². The average molecular weight is 279 g/mol. The number of carbonyl (C=O) groups is 2. The molecule has 2 heterocycles. The topological polar surface area (TPSA) is 61.8 Å². The summed E-state index contributed by atoms with van der Waals surface area (Å²) in [5, 5.41) is 4.55. The number of anilines is 1. The molecule has 2 amide bonds. The molecule has 4 rings (SSSR count). The molecule has 21 heavy (non-hydrogen) atoms. The molecule has 104 valence electrons. The number of hydrogen-bond acceptors (Lipinski definition) is 4. The fourth-order valence-corrected chi connectivity index (χ4v) is 3.01. The van der Waals surface area contributed by atoms with E-state index in [0.717, 1.165) is 22.1 Å². The summed E-state index contributed by atoms with van der Waals surface area (Å²) in [7, 11) is 0. The Morgan fingerprint density at radius 1 is 1.14 bits per heavy atom. The Labute approximate surface area is 121 Å². The van der Waals surface area contributed by atoms with Gasteiger partial charge in [-0.2, -0.15) is 0 Å². The van der Waals surface area contributed by atoms with Crippen LogP contribution < -0.4 is 10.2 Å². The number of imide groups is 1. The first-order valence-corrected chi connectivity index (χ1v) is 6.92. The van der Waals surface area contributed by atoms with Crippen LogP contribution >= 0.6 is 0 Å². The van der Waals surface area contributed by atoms with Crippen molar-refractivity contribution in [2.75, 3.05) is 4.90 Å². The fraction of sp³-hybridized carbons (Fsp3) is 0.188. The molecule has 0 radical (unpaired) electrons. The van der Waals surface area contributed by atoms with Gasteiger partial charge in [0.05, 0.1) is 17.7 Å². The highest BCUT2D eigenvalue weighted by molar-refractivity contribution is 6.12. The summed E-state index contributed by atoms with van der Waals surface area (Å²) in [5.74, 6) is -0.460. The minimum atomic E-state index is -0.384. The second kappa shape index (κ2) is 4.41. The van der Waals surface area contributed by atoms with Crippen LogP contribution in [-0.4, -0.2) is 24.2 Å². The molecule has 1 saturated heterocycles. The van der Waals surface area contributed by atoms with Crippen LogP contribution in [0.4, 0.5) is 11.4 Å². The first-order chi connectivity index (χ1) is 10.2. The standard InChI is InChI=1S/C16H13N3O2/c20-14-8-7-13(16(21)18-14)19-9-17-11-5-1-3-10-4-2-6-12(19)15(10)11/h1-6,9,13H,7-8H2,(H,18,20,21). The monoisotopic (exact) mass is 279 g/mol. The van der Waals surface area contributed by atoms with Crippen LogP contribution in [0.15, 0.2) is 41.4 Å². The first-order valence-electron chi connectivity index (χ1n) is 6.92. The van der Waals surface area contributed by atoms with Crippen molar-refractivity contribution in [1.82, 2.24) is 5.32 Å². The third-order valence-electron chi connectivity index (χ3n) is 4.01. The Balaban J connectivity index is 1.83. The van der Waals surface area contributed by atoms with Crippen molar-refractivity contribution in [3.63, 3.8) is 0 Å². The van der Waals surface area contributed by atoms with Crippen LogP contribution in [0, 0.1) is 0 Å². The summed E-state index contributed by atoms with van der Waals surface area (Å²) >= 11 is 0. The lowest BCUT2D eigenvalue weighted by Gasteiger charge is -2.33. The predicted molar refractivity (Wildman–Crippen MR) is 80.8 cm³/mol.